The van der Waals surface area contributed by atoms with E-state index >= 15 is 0 Å². The lowest BCUT2D eigenvalue weighted by Gasteiger charge is -2.24. The number of nitrogens with zero attached hydrogens (tertiary/aromatic N) is 3. The molecule has 21 heavy (non-hydrogen) atoms. The largest absolute Gasteiger partial charge is 0.464 e. The summed E-state index contributed by atoms with van der Waals surface area (Å²) >= 11 is 0. The van der Waals surface area contributed by atoms with Crippen LogP contribution in [0.3, 0.4) is 0 Å². The van der Waals surface area contributed by atoms with Crippen LogP contribution in [0.2, 0.25) is 0 Å². The lowest BCUT2D eigenvalue weighted by molar-refractivity contribution is 0.0593. The van der Waals surface area contributed by atoms with Crippen LogP contribution in [0.1, 0.15) is 22.5 Å². The Bertz CT molecular complexity index is 708. The molecule has 1 aliphatic rings. The minimum absolute atomic E-state index is 0.0909. The minimum Gasteiger partial charge on any atom is -0.464 e. The molecule has 2 aromatic heterocycles. The molecule has 1 aliphatic heterocycles. The molecule has 0 bridgehead atoms. The Morgan fingerprint density at radius 2 is 2.38 bits per heavy atom. The monoisotopic (exact) mass is 289 g/mol. The number of pyridine rings is 1. The molecule has 0 N–H and O–H groups in total. The van der Waals surface area contributed by atoms with Gasteiger partial charge in [0.2, 0.25) is 0 Å². The third kappa shape index (κ3) is 2.67. The van der Waals surface area contributed by atoms with Crippen LogP contribution in [0.5, 0.6) is 0 Å². The number of esters is 1. The number of ether oxygens (including phenoxy) is 1. The third-order valence-electron chi connectivity index (χ3n) is 3.59. The van der Waals surface area contributed by atoms with Crippen molar-refractivity contribution in [1.82, 2.24) is 14.3 Å². The zero-order chi connectivity index (χ0) is 14.8. The first kappa shape index (κ1) is 13.8. The van der Waals surface area contributed by atoms with Crippen molar-refractivity contribution in [2.24, 2.45) is 0 Å². The molecule has 2 aromatic rings. The van der Waals surface area contributed by atoms with Gasteiger partial charge in [0.15, 0.2) is 5.69 Å². The molecule has 3 rings (SSSR count). The van der Waals surface area contributed by atoms with Crippen molar-refractivity contribution in [2.45, 2.75) is 13.0 Å². The Balaban J connectivity index is 1.91. The number of halogens is 1. The van der Waals surface area contributed by atoms with E-state index in [4.69, 9.17) is 4.74 Å². The van der Waals surface area contributed by atoms with E-state index in [0.29, 0.717) is 24.4 Å². The molecule has 0 fully saturated rings. The molecule has 110 valence electrons. The molecule has 6 heteroatoms. The highest BCUT2D eigenvalue weighted by molar-refractivity contribution is 5.88. The van der Waals surface area contributed by atoms with Crippen LogP contribution in [0.25, 0.3) is 5.65 Å². The second kappa shape index (κ2) is 5.65. The van der Waals surface area contributed by atoms with E-state index < -0.39 is 5.97 Å². The second-order valence-electron chi connectivity index (χ2n) is 5.01. The van der Waals surface area contributed by atoms with E-state index in [0.717, 1.165) is 18.5 Å². The standard InChI is InChI=1S/C15H16FN3O2/c1-21-15(20)13-8-17-14-11(4-2-7-19(13)14)9-18-6-3-5-12(16)10-18/h2,4-5,7-8H,3,6,9-10H2,1H3. The molecule has 0 atom stereocenters. The molecule has 3 heterocycles. The summed E-state index contributed by atoms with van der Waals surface area (Å²) in [6, 6.07) is 3.80. The number of methoxy groups -OCH3 is 1. The molecule has 0 amide bonds. The number of carbonyl (C=O) groups is 1. The van der Waals surface area contributed by atoms with Gasteiger partial charge in [-0.1, -0.05) is 12.1 Å². The quantitative estimate of drug-likeness (QED) is 0.813. The van der Waals surface area contributed by atoms with Crippen molar-refractivity contribution < 1.29 is 13.9 Å². The molecule has 0 saturated carbocycles. The fourth-order valence-electron chi connectivity index (χ4n) is 2.58. The van der Waals surface area contributed by atoms with Crippen LogP contribution in [0, 0.1) is 0 Å². The first-order valence-corrected chi connectivity index (χ1v) is 6.79. The van der Waals surface area contributed by atoms with Gasteiger partial charge < -0.3 is 4.74 Å². The molecule has 0 radical (unpaired) electrons. The molecule has 0 aromatic carbocycles. The van der Waals surface area contributed by atoms with Gasteiger partial charge in [-0.3, -0.25) is 9.30 Å². The number of fused-ring (bicyclic) bond motifs is 1. The lowest BCUT2D eigenvalue weighted by Crippen LogP contribution is -2.28. The zero-order valence-corrected chi connectivity index (χ0v) is 11.8. The molecule has 0 aliphatic carbocycles. The van der Waals surface area contributed by atoms with E-state index in [-0.39, 0.29) is 5.83 Å². The highest BCUT2D eigenvalue weighted by Gasteiger charge is 2.17. The number of carbonyl (C=O) groups excluding carboxylic acids is 1. The van der Waals surface area contributed by atoms with E-state index in [2.05, 4.69) is 4.98 Å². The van der Waals surface area contributed by atoms with Crippen molar-refractivity contribution in [3.8, 4) is 0 Å². The number of aromatic nitrogens is 2. The van der Waals surface area contributed by atoms with Crippen molar-refractivity contribution in [3.63, 3.8) is 0 Å². The van der Waals surface area contributed by atoms with E-state index in [1.54, 1.807) is 16.7 Å². The highest BCUT2D eigenvalue weighted by Crippen LogP contribution is 2.18. The second-order valence-corrected chi connectivity index (χ2v) is 5.01. The summed E-state index contributed by atoms with van der Waals surface area (Å²) in [6.45, 7) is 1.74. The lowest BCUT2D eigenvalue weighted by atomic mass is 10.2. The van der Waals surface area contributed by atoms with Crippen LogP contribution in [0.15, 0.2) is 36.4 Å². The maximum absolute atomic E-state index is 13.3. The molecule has 0 saturated heterocycles. The minimum atomic E-state index is -0.424. The summed E-state index contributed by atoms with van der Waals surface area (Å²) in [6.07, 6.45) is 5.62. The van der Waals surface area contributed by atoms with Gasteiger partial charge in [0.05, 0.1) is 19.9 Å². The predicted molar refractivity (Wildman–Crippen MR) is 75.6 cm³/mol. The van der Waals surface area contributed by atoms with Gasteiger partial charge in [-0.05, 0) is 12.5 Å². The molecule has 0 spiro atoms. The smallest absolute Gasteiger partial charge is 0.356 e. The van der Waals surface area contributed by atoms with Crippen molar-refractivity contribution in [1.29, 1.82) is 0 Å². The number of imidazole rings is 1. The van der Waals surface area contributed by atoms with Gasteiger partial charge >= 0.3 is 5.97 Å². The summed E-state index contributed by atoms with van der Waals surface area (Å²) in [7, 11) is 1.34. The van der Waals surface area contributed by atoms with Crippen LogP contribution in [-0.4, -0.2) is 40.5 Å². The maximum Gasteiger partial charge on any atom is 0.356 e. The fourth-order valence-corrected chi connectivity index (χ4v) is 2.58. The Hall–Kier alpha value is -2.21. The third-order valence-corrected chi connectivity index (χ3v) is 3.59. The van der Waals surface area contributed by atoms with Gasteiger partial charge in [0, 0.05) is 24.8 Å². The van der Waals surface area contributed by atoms with Gasteiger partial charge in [-0.2, -0.15) is 0 Å². The van der Waals surface area contributed by atoms with E-state index in [1.807, 2.05) is 17.0 Å². The topological polar surface area (TPSA) is 46.8 Å². The zero-order valence-electron chi connectivity index (χ0n) is 11.8. The van der Waals surface area contributed by atoms with Crippen molar-refractivity contribution in [3.05, 3.63) is 47.7 Å². The summed E-state index contributed by atoms with van der Waals surface area (Å²) in [5.41, 5.74) is 2.05. The molecular formula is C15H16FN3O2. The summed E-state index contributed by atoms with van der Waals surface area (Å²) < 4.78 is 19.8. The number of hydrogen-bond donors (Lipinski definition) is 0. The SMILES string of the molecule is COC(=O)c1cnc2c(CN3CCC=C(F)C3)cccn12. The molecular weight excluding hydrogens is 273 g/mol. The van der Waals surface area contributed by atoms with E-state index in [9.17, 15) is 9.18 Å². The first-order chi connectivity index (χ1) is 10.2. The van der Waals surface area contributed by atoms with Crippen LogP contribution >= 0.6 is 0 Å². The van der Waals surface area contributed by atoms with Gasteiger partial charge in [-0.25, -0.2) is 14.2 Å². The van der Waals surface area contributed by atoms with Crippen LogP contribution in [0.4, 0.5) is 4.39 Å². The number of rotatable bonds is 3. The average molecular weight is 289 g/mol. The molecule has 5 nitrogen and oxygen atoms in total. The summed E-state index contributed by atoms with van der Waals surface area (Å²) in [5, 5.41) is 0. The van der Waals surface area contributed by atoms with Crippen LogP contribution < -0.4 is 0 Å². The molecule has 0 unspecified atom stereocenters. The summed E-state index contributed by atoms with van der Waals surface area (Å²) in [5.74, 6) is -0.515. The summed E-state index contributed by atoms with van der Waals surface area (Å²) in [4.78, 5) is 18.0. The number of hydrogen-bond acceptors (Lipinski definition) is 4. The Morgan fingerprint density at radius 3 is 3.14 bits per heavy atom. The predicted octanol–water partition coefficient (Wildman–Crippen LogP) is 2.18. The van der Waals surface area contributed by atoms with Crippen molar-refractivity contribution >= 4 is 11.6 Å². The Kier molecular flexibility index (Phi) is 3.70. The Morgan fingerprint density at radius 1 is 1.52 bits per heavy atom. The highest BCUT2D eigenvalue weighted by atomic mass is 19.1. The fraction of sp³-hybridized carbons (Fsp3) is 0.333. The maximum atomic E-state index is 13.3. The van der Waals surface area contributed by atoms with Gasteiger partial charge in [0.25, 0.3) is 0 Å². The van der Waals surface area contributed by atoms with Gasteiger partial charge in [0.1, 0.15) is 11.5 Å². The Labute approximate surface area is 121 Å². The average Bonchev–Trinajstić information content (AvgIpc) is 2.91. The normalized spacial score (nSPS) is 16.0. The van der Waals surface area contributed by atoms with E-state index in [1.165, 1.54) is 13.3 Å². The van der Waals surface area contributed by atoms with Crippen LogP contribution in [-0.2, 0) is 11.3 Å². The first-order valence-electron chi connectivity index (χ1n) is 6.79. The van der Waals surface area contributed by atoms with Gasteiger partial charge in [-0.15, -0.1) is 0 Å². The van der Waals surface area contributed by atoms with Crippen molar-refractivity contribution in [2.75, 3.05) is 20.2 Å².